The zero-order valence-corrected chi connectivity index (χ0v) is 11.4. The van der Waals surface area contributed by atoms with E-state index in [1.165, 1.54) is 16.8 Å². The lowest BCUT2D eigenvalue weighted by Gasteiger charge is -2.01. The van der Waals surface area contributed by atoms with Crippen LogP contribution in [0.4, 0.5) is 4.39 Å². The number of nitrogens with zero attached hydrogens (tertiary/aromatic N) is 5. The maximum Gasteiger partial charge on any atom is 0.316 e. The summed E-state index contributed by atoms with van der Waals surface area (Å²) in [7, 11) is 0. The van der Waals surface area contributed by atoms with Gasteiger partial charge in [0.1, 0.15) is 18.1 Å². The van der Waals surface area contributed by atoms with Crippen molar-refractivity contribution in [2.75, 3.05) is 0 Å². The van der Waals surface area contributed by atoms with Crippen molar-refractivity contribution in [3.63, 3.8) is 0 Å². The normalized spacial score (nSPS) is 10.6. The van der Waals surface area contributed by atoms with E-state index in [1.54, 1.807) is 30.7 Å². The van der Waals surface area contributed by atoms with Crippen LogP contribution in [0.2, 0.25) is 5.02 Å². The maximum atomic E-state index is 13.1. The molecule has 3 aromatic rings. The van der Waals surface area contributed by atoms with Crippen molar-refractivity contribution in [2.45, 2.75) is 6.61 Å². The first kappa shape index (κ1) is 13.4. The number of rotatable bonds is 4. The molecule has 0 atom stereocenters. The van der Waals surface area contributed by atoms with Crippen LogP contribution in [0.15, 0.2) is 42.9 Å². The minimum absolute atomic E-state index is 0.0264. The third kappa shape index (κ3) is 3.14. The third-order valence-corrected chi connectivity index (χ3v) is 2.89. The Kier molecular flexibility index (Phi) is 3.74. The Morgan fingerprint density at radius 2 is 2.05 bits per heavy atom. The van der Waals surface area contributed by atoms with E-state index >= 15 is 0 Å². The molecule has 106 valence electrons. The predicted molar refractivity (Wildman–Crippen MR) is 72.7 cm³/mol. The van der Waals surface area contributed by atoms with Gasteiger partial charge in [0, 0.05) is 12.4 Å². The molecule has 0 aliphatic rings. The number of halogens is 2. The van der Waals surface area contributed by atoms with Crippen molar-refractivity contribution < 1.29 is 9.13 Å². The summed E-state index contributed by atoms with van der Waals surface area (Å²) in [6, 6.07) is 6.25. The van der Waals surface area contributed by atoms with Gasteiger partial charge in [0.15, 0.2) is 0 Å². The molecular formula is C13H9ClFN5O. The van der Waals surface area contributed by atoms with Gasteiger partial charge in [-0.3, -0.25) is 0 Å². The highest BCUT2D eigenvalue weighted by molar-refractivity contribution is 6.30. The van der Waals surface area contributed by atoms with Crippen LogP contribution in [-0.4, -0.2) is 25.0 Å². The molecular weight excluding hydrogens is 297 g/mol. The van der Waals surface area contributed by atoms with Gasteiger partial charge < -0.3 is 4.74 Å². The Morgan fingerprint density at radius 3 is 2.81 bits per heavy atom. The summed E-state index contributed by atoms with van der Waals surface area (Å²) in [6.07, 6.45) is 4.83. The number of benzene rings is 1. The smallest absolute Gasteiger partial charge is 0.316 e. The molecule has 8 heteroatoms. The minimum Gasteiger partial charge on any atom is -0.457 e. The second kappa shape index (κ2) is 5.84. The van der Waals surface area contributed by atoms with Crippen LogP contribution < -0.4 is 4.74 Å². The third-order valence-electron chi connectivity index (χ3n) is 2.60. The van der Waals surface area contributed by atoms with Crippen LogP contribution in [0.3, 0.4) is 0 Å². The molecule has 1 aromatic carbocycles. The summed E-state index contributed by atoms with van der Waals surface area (Å²) in [5.41, 5.74) is 1.19. The SMILES string of the molecule is Fc1ccc(-n2cc(COc3ncccn3)nn2)cc1Cl. The molecule has 0 saturated heterocycles. The second-order valence-electron chi connectivity index (χ2n) is 4.07. The van der Waals surface area contributed by atoms with Gasteiger partial charge in [-0.2, -0.15) is 0 Å². The molecule has 0 spiro atoms. The van der Waals surface area contributed by atoms with Crippen molar-refractivity contribution in [1.82, 2.24) is 25.0 Å². The van der Waals surface area contributed by atoms with Crippen molar-refractivity contribution in [3.8, 4) is 11.7 Å². The van der Waals surface area contributed by atoms with E-state index in [1.807, 2.05) is 0 Å². The summed E-state index contributed by atoms with van der Waals surface area (Å²) in [6.45, 7) is 0.180. The van der Waals surface area contributed by atoms with Gasteiger partial charge in [-0.1, -0.05) is 16.8 Å². The lowest BCUT2D eigenvalue weighted by atomic mass is 10.3. The highest BCUT2D eigenvalue weighted by Crippen LogP contribution is 2.18. The Hall–Kier alpha value is -2.54. The molecule has 2 heterocycles. The average Bonchev–Trinajstić information content (AvgIpc) is 2.98. The van der Waals surface area contributed by atoms with Crippen LogP contribution in [0.5, 0.6) is 6.01 Å². The molecule has 6 nitrogen and oxygen atoms in total. The topological polar surface area (TPSA) is 65.7 Å². The fourth-order valence-corrected chi connectivity index (χ4v) is 1.79. The van der Waals surface area contributed by atoms with E-state index in [4.69, 9.17) is 16.3 Å². The molecule has 0 radical (unpaired) electrons. The molecule has 0 saturated carbocycles. The van der Waals surface area contributed by atoms with Gasteiger partial charge >= 0.3 is 6.01 Å². The molecule has 0 fully saturated rings. The number of hydrogen-bond donors (Lipinski definition) is 0. The first-order chi connectivity index (χ1) is 10.2. The minimum atomic E-state index is -0.481. The predicted octanol–water partition coefficient (Wildman–Crippen LogP) is 2.43. The van der Waals surface area contributed by atoms with Gasteiger partial charge in [-0.25, -0.2) is 19.0 Å². The number of hydrogen-bond acceptors (Lipinski definition) is 5. The molecule has 0 aliphatic carbocycles. The Bertz CT molecular complexity index is 749. The van der Waals surface area contributed by atoms with Gasteiger partial charge in [0.05, 0.1) is 16.9 Å². The molecule has 3 rings (SSSR count). The summed E-state index contributed by atoms with van der Waals surface area (Å²) in [5.74, 6) is -0.481. The van der Waals surface area contributed by atoms with E-state index in [9.17, 15) is 4.39 Å². The van der Waals surface area contributed by atoms with Gasteiger partial charge in [0.2, 0.25) is 0 Å². The van der Waals surface area contributed by atoms with E-state index in [2.05, 4.69) is 20.3 Å². The maximum absolute atomic E-state index is 13.1. The van der Waals surface area contributed by atoms with Crippen LogP contribution in [-0.2, 0) is 6.61 Å². The van der Waals surface area contributed by atoms with Crippen molar-refractivity contribution >= 4 is 11.6 Å². The van der Waals surface area contributed by atoms with E-state index in [-0.39, 0.29) is 17.6 Å². The molecule has 0 amide bonds. The van der Waals surface area contributed by atoms with Crippen LogP contribution in [0.25, 0.3) is 5.69 Å². The zero-order chi connectivity index (χ0) is 14.7. The van der Waals surface area contributed by atoms with Crippen LogP contribution in [0.1, 0.15) is 5.69 Å². The first-order valence-electron chi connectivity index (χ1n) is 5.99. The number of aromatic nitrogens is 5. The lowest BCUT2D eigenvalue weighted by Crippen LogP contribution is -1.99. The summed E-state index contributed by atoms with van der Waals surface area (Å²) in [4.78, 5) is 7.87. The largest absolute Gasteiger partial charge is 0.457 e. The highest BCUT2D eigenvalue weighted by atomic mass is 35.5. The molecule has 0 unspecified atom stereocenters. The molecule has 0 aliphatic heterocycles. The molecule has 0 bridgehead atoms. The average molecular weight is 306 g/mol. The lowest BCUT2D eigenvalue weighted by molar-refractivity contribution is 0.276. The fourth-order valence-electron chi connectivity index (χ4n) is 1.62. The quantitative estimate of drug-likeness (QED) is 0.740. The summed E-state index contributed by atoms with van der Waals surface area (Å²) >= 11 is 5.73. The molecule has 2 aromatic heterocycles. The van der Waals surface area contributed by atoms with E-state index < -0.39 is 5.82 Å². The Labute approximate surface area is 124 Å². The van der Waals surface area contributed by atoms with Gasteiger partial charge in [-0.15, -0.1) is 5.10 Å². The summed E-state index contributed by atoms with van der Waals surface area (Å²) < 4.78 is 20.0. The van der Waals surface area contributed by atoms with Gasteiger partial charge in [-0.05, 0) is 24.3 Å². The number of ether oxygens (including phenoxy) is 1. The Balaban J connectivity index is 1.72. The van der Waals surface area contributed by atoms with Crippen LogP contribution >= 0.6 is 11.6 Å². The first-order valence-corrected chi connectivity index (χ1v) is 6.36. The van der Waals surface area contributed by atoms with E-state index in [0.29, 0.717) is 11.4 Å². The van der Waals surface area contributed by atoms with Crippen molar-refractivity contribution in [3.05, 3.63) is 59.4 Å². The monoisotopic (exact) mass is 305 g/mol. The zero-order valence-electron chi connectivity index (χ0n) is 10.6. The fraction of sp³-hybridized carbons (Fsp3) is 0.0769. The molecule has 0 N–H and O–H groups in total. The molecule has 21 heavy (non-hydrogen) atoms. The van der Waals surface area contributed by atoms with Crippen LogP contribution in [0, 0.1) is 5.82 Å². The van der Waals surface area contributed by atoms with Gasteiger partial charge in [0.25, 0.3) is 0 Å². The Morgan fingerprint density at radius 1 is 1.24 bits per heavy atom. The van der Waals surface area contributed by atoms with Crippen molar-refractivity contribution in [2.24, 2.45) is 0 Å². The van der Waals surface area contributed by atoms with E-state index in [0.717, 1.165) is 0 Å². The highest BCUT2D eigenvalue weighted by Gasteiger charge is 2.07. The second-order valence-corrected chi connectivity index (χ2v) is 4.48. The standard InChI is InChI=1S/C13H9ClFN5O/c14-11-6-10(2-3-12(11)15)20-7-9(18-19-20)8-21-13-16-4-1-5-17-13/h1-7H,8H2. The van der Waals surface area contributed by atoms with Crippen molar-refractivity contribution in [1.29, 1.82) is 0 Å². The summed E-state index contributed by atoms with van der Waals surface area (Å²) in [5, 5.41) is 7.92.